The Hall–Kier alpha value is -0.0800. The summed E-state index contributed by atoms with van der Waals surface area (Å²) in [6.07, 6.45) is 3.89. The first-order valence-corrected chi connectivity index (χ1v) is 7.13. The molecule has 2 nitrogen and oxygen atoms in total. The number of fused-ring (bicyclic) bond motifs is 3. The Morgan fingerprint density at radius 2 is 1.29 bits per heavy atom. The molecule has 0 saturated heterocycles. The maximum atomic E-state index is 10.7. The minimum atomic E-state index is -0.561. The van der Waals surface area contributed by atoms with E-state index in [1.165, 1.54) is 0 Å². The summed E-state index contributed by atoms with van der Waals surface area (Å²) in [6, 6.07) is 0. The molecule has 0 aromatic carbocycles. The normalized spacial score (nSPS) is 60.4. The highest BCUT2D eigenvalue weighted by atomic mass is 16.3. The predicted molar refractivity (Wildman–Crippen MR) is 67.5 cm³/mol. The van der Waals surface area contributed by atoms with Crippen LogP contribution in [0.15, 0.2) is 0 Å². The van der Waals surface area contributed by atoms with Gasteiger partial charge in [-0.25, -0.2) is 0 Å². The molecule has 0 amide bonds. The van der Waals surface area contributed by atoms with Gasteiger partial charge in [0.2, 0.25) is 0 Å². The monoisotopic (exact) mass is 238 g/mol. The number of hydrogen-bond acceptors (Lipinski definition) is 2. The van der Waals surface area contributed by atoms with E-state index in [2.05, 4.69) is 13.8 Å². The minimum Gasteiger partial charge on any atom is -0.390 e. The summed E-state index contributed by atoms with van der Waals surface area (Å²) in [6.45, 7) is 8.66. The maximum absolute atomic E-state index is 10.7. The molecule has 3 rings (SSSR count). The van der Waals surface area contributed by atoms with Gasteiger partial charge in [-0.2, -0.15) is 0 Å². The Labute approximate surface area is 104 Å². The number of aliphatic hydroxyl groups is 2. The summed E-state index contributed by atoms with van der Waals surface area (Å²) in [5.74, 6) is 1.95. The van der Waals surface area contributed by atoms with E-state index in [0.29, 0.717) is 29.1 Å². The zero-order valence-electron chi connectivity index (χ0n) is 11.5. The molecular formula is C15H26O2. The van der Waals surface area contributed by atoms with Crippen LogP contribution in [0.3, 0.4) is 0 Å². The zero-order valence-corrected chi connectivity index (χ0v) is 11.5. The van der Waals surface area contributed by atoms with Crippen LogP contribution in [0.25, 0.3) is 0 Å². The summed E-state index contributed by atoms with van der Waals surface area (Å²) in [5, 5.41) is 21.3. The molecule has 0 radical (unpaired) electrons. The number of rotatable bonds is 0. The Balaban J connectivity index is 1.99. The first kappa shape index (κ1) is 12.0. The van der Waals surface area contributed by atoms with Crippen LogP contribution in [0, 0.1) is 29.1 Å². The quantitative estimate of drug-likeness (QED) is 0.681. The molecule has 0 aromatic heterocycles. The second-order valence-corrected chi connectivity index (χ2v) is 7.88. The number of hydrogen-bond donors (Lipinski definition) is 2. The van der Waals surface area contributed by atoms with Crippen molar-refractivity contribution in [3.05, 3.63) is 0 Å². The van der Waals surface area contributed by atoms with Crippen molar-refractivity contribution in [2.45, 2.75) is 64.6 Å². The molecule has 2 N–H and O–H groups in total. The van der Waals surface area contributed by atoms with Crippen LogP contribution in [-0.4, -0.2) is 21.4 Å². The largest absolute Gasteiger partial charge is 0.390 e. The highest BCUT2D eigenvalue weighted by Crippen LogP contribution is 2.71. The highest BCUT2D eigenvalue weighted by Gasteiger charge is 2.69. The van der Waals surface area contributed by atoms with Crippen molar-refractivity contribution < 1.29 is 10.2 Å². The van der Waals surface area contributed by atoms with Crippen LogP contribution in [0.5, 0.6) is 0 Å². The Morgan fingerprint density at radius 1 is 0.765 bits per heavy atom. The van der Waals surface area contributed by atoms with E-state index in [1.807, 2.05) is 13.8 Å². The molecule has 0 aliphatic heterocycles. The molecule has 17 heavy (non-hydrogen) atoms. The van der Waals surface area contributed by atoms with E-state index >= 15 is 0 Å². The molecule has 6 atom stereocenters. The first-order valence-electron chi connectivity index (χ1n) is 7.13. The van der Waals surface area contributed by atoms with Crippen molar-refractivity contribution in [1.29, 1.82) is 0 Å². The molecule has 0 aromatic rings. The van der Waals surface area contributed by atoms with Gasteiger partial charge in [0.25, 0.3) is 0 Å². The lowest BCUT2D eigenvalue weighted by Crippen LogP contribution is -2.43. The molecule has 3 aliphatic rings. The second kappa shape index (κ2) is 3.08. The van der Waals surface area contributed by atoms with E-state index in [9.17, 15) is 10.2 Å². The van der Waals surface area contributed by atoms with E-state index < -0.39 is 11.2 Å². The average molecular weight is 238 g/mol. The second-order valence-electron chi connectivity index (χ2n) is 7.88. The molecule has 0 spiro atoms. The van der Waals surface area contributed by atoms with Gasteiger partial charge in [-0.3, -0.25) is 0 Å². The fraction of sp³-hybridized carbons (Fsp3) is 1.00. The van der Waals surface area contributed by atoms with Crippen LogP contribution >= 0.6 is 0 Å². The van der Waals surface area contributed by atoms with Gasteiger partial charge in [0, 0.05) is 0 Å². The summed E-state index contributed by atoms with van der Waals surface area (Å²) in [4.78, 5) is 0. The molecule has 3 aliphatic carbocycles. The third-order valence-corrected chi connectivity index (χ3v) is 6.40. The lowest BCUT2D eigenvalue weighted by Gasteiger charge is -2.37. The Morgan fingerprint density at radius 3 is 1.94 bits per heavy atom. The van der Waals surface area contributed by atoms with Crippen LogP contribution in [0.4, 0.5) is 0 Å². The maximum Gasteiger partial charge on any atom is 0.0654 e. The molecule has 3 fully saturated rings. The van der Waals surface area contributed by atoms with Crippen LogP contribution < -0.4 is 0 Å². The molecule has 0 bridgehead atoms. The molecule has 0 unspecified atom stereocenters. The third-order valence-electron chi connectivity index (χ3n) is 6.40. The van der Waals surface area contributed by atoms with Gasteiger partial charge in [0.15, 0.2) is 0 Å². The molecular weight excluding hydrogens is 212 g/mol. The van der Waals surface area contributed by atoms with Crippen molar-refractivity contribution in [3.63, 3.8) is 0 Å². The van der Waals surface area contributed by atoms with E-state index in [4.69, 9.17) is 0 Å². The van der Waals surface area contributed by atoms with Crippen molar-refractivity contribution in [2.24, 2.45) is 29.1 Å². The molecule has 98 valence electrons. The van der Waals surface area contributed by atoms with Gasteiger partial charge in [0.05, 0.1) is 11.2 Å². The first-order chi connectivity index (χ1) is 7.68. The average Bonchev–Trinajstić information content (AvgIpc) is 2.59. The van der Waals surface area contributed by atoms with E-state index in [1.54, 1.807) is 0 Å². The highest BCUT2D eigenvalue weighted by molar-refractivity contribution is 5.18. The molecule has 3 saturated carbocycles. The molecule has 0 heterocycles. The summed E-state index contributed by atoms with van der Waals surface area (Å²) in [7, 11) is 0. The fourth-order valence-electron chi connectivity index (χ4n) is 5.25. The van der Waals surface area contributed by atoms with Crippen LogP contribution in [-0.2, 0) is 0 Å². The SMILES string of the molecule is CC1(C)[C@@H]2[C@H]3[C@H](CC[C@]3(C)O)[C@](C)(O)CC[C@@H]21. The van der Waals surface area contributed by atoms with Crippen LogP contribution in [0.2, 0.25) is 0 Å². The van der Waals surface area contributed by atoms with Crippen LogP contribution in [0.1, 0.15) is 53.4 Å². The molecule has 2 heteroatoms. The smallest absolute Gasteiger partial charge is 0.0654 e. The van der Waals surface area contributed by atoms with Gasteiger partial charge < -0.3 is 10.2 Å². The van der Waals surface area contributed by atoms with Crippen molar-refractivity contribution >= 4 is 0 Å². The van der Waals surface area contributed by atoms with Crippen molar-refractivity contribution in [3.8, 4) is 0 Å². The summed E-state index contributed by atoms with van der Waals surface area (Å²) < 4.78 is 0. The topological polar surface area (TPSA) is 40.5 Å². The zero-order chi connectivity index (χ0) is 12.6. The van der Waals surface area contributed by atoms with Gasteiger partial charge in [-0.05, 0) is 68.6 Å². The van der Waals surface area contributed by atoms with Crippen molar-refractivity contribution in [1.82, 2.24) is 0 Å². The Bertz CT molecular complexity index is 343. The van der Waals surface area contributed by atoms with E-state index in [-0.39, 0.29) is 0 Å². The van der Waals surface area contributed by atoms with Gasteiger partial charge in [-0.1, -0.05) is 13.8 Å². The van der Waals surface area contributed by atoms with Gasteiger partial charge in [-0.15, -0.1) is 0 Å². The summed E-state index contributed by atoms with van der Waals surface area (Å²) in [5.41, 5.74) is -0.738. The standard InChI is InChI=1S/C15H26O2/c1-13(2)9-5-7-14(3,16)10-6-8-15(4,17)12(10)11(9)13/h9-12,16-17H,5-8H2,1-4H3/t9-,10-,11-,12+,14+,15-/m0/s1. The fourth-order valence-corrected chi connectivity index (χ4v) is 5.25. The lowest BCUT2D eigenvalue weighted by atomic mass is 9.73. The van der Waals surface area contributed by atoms with Gasteiger partial charge >= 0.3 is 0 Å². The lowest BCUT2D eigenvalue weighted by molar-refractivity contribution is -0.0663. The predicted octanol–water partition coefficient (Wildman–Crippen LogP) is 2.58. The Kier molecular flexibility index (Phi) is 2.17. The van der Waals surface area contributed by atoms with Crippen molar-refractivity contribution in [2.75, 3.05) is 0 Å². The minimum absolute atomic E-state index is 0.300. The summed E-state index contributed by atoms with van der Waals surface area (Å²) >= 11 is 0. The van der Waals surface area contributed by atoms with E-state index in [0.717, 1.165) is 25.7 Å². The van der Waals surface area contributed by atoms with Gasteiger partial charge in [0.1, 0.15) is 0 Å². The third kappa shape index (κ3) is 1.46.